The van der Waals surface area contributed by atoms with Gasteiger partial charge in [-0.15, -0.1) is 0 Å². The fraction of sp³-hybridized carbons (Fsp3) is 0.355. The van der Waals surface area contributed by atoms with E-state index in [2.05, 4.69) is 5.32 Å². The van der Waals surface area contributed by atoms with E-state index in [-0.39, 0.29) is 35.9 Å². The normalized spacial score (nSPS) is 13.6. The number of carbonyl (C=O) groups excluding carboxylic acids is 2. The maximum atomic E-state index is 14.1. The van der Waals surface area contributed by atoms with E-state index in [9.17, 15) is 26.8 Å². The largest absolute Gasteiger partial charge is 0.486 e. The van der Waals surface area contributed by atoms with E-state index in [1.54, 1.807) is 27.7 Å². The molecule has 1 aliphatic heterocycles. The summed E-state index contributed by atoms with van der Waals surface area (Å²) in [5.41, 5.74) is -0.0186. The first-order valence-electron chi connectivity index (χ1n) is 13.8. The van der Waals surface area contributed by atoms with E-state index >= 15 is 0 Å². The molecular formula is C31H35F2N3O6S. The van der Waals surface area contributed by atoms with E-state index < -0.39 is 51.6 Å². The number of fused-ring (bicyclic) bond motifs is 1. The molecule has 0 radical (unpaired) electrons. The fourth-order valence-corrected chi connectivity index (χ4v) is 6.04. The quantitative estimate of drug-likeness (QED) is 0.356. The van der Waals surface area contributed by atoms with Crippen LogP contribution in [0.2, 0.25) is 0 Å². The van der Waals surface area contributed by atoms with Gasteiger partial charge in [-0.3, -0.25) is 13.9 Å². The summed E-state index contributed by atoms with van der Waals surface area (Å²) < 4.78 is 67.6. The summed E-state index contributed by atoms with van der Waals surface area (Å²) in [5, 5.41) is 2.88. The van der Waals surface area contributed by atoms with Gasteiger partial charge in [0.05, 0.1) is 10.6 Å². The summed E-state index contributed by atoms with van der Waals surface area (Å²) in [6.45, 7) is 6.92. The second kappa shape index (κ2) is 13.0. The maximum Gasteiger partial charge on any atom is 0.264 e. The Labute approximate surface area is 250 Å². The van der Waals surface area contributed by atoms with E-state index in [1.165, 1.54) is 59.5 Å². The lowest BCUT2D eigenvalue weighted by molar-refractivity contribution is -0.141. The van der Waals surface area contributed by atoms with Gasteiger partial charge in [0.25, 0.3) is 10.0 Å². The lowest BCUT2D eigenvalue weighted by Gasteiger charge is -2.34. The minimum Gasteiger partial charge on any atom is -0.486 e. The Morgan fingerprint density at radius 2 is 1.49 bits per heavy atom. The number of nitrogens with one attached hydrogen (secondary N) is 1. The van der Waals surface area contributed by atoms with Crippen LogP contribution < -0.4 is 19.1 Å². The van der Waals surface area contributed by atoms with Crippen LogP contribution >= 0.6 is 0 Å². The molecule has 12 heteroatoms. The molecule has 0 saturated heterocycles. The summed E-state index contributed by atoms with van der Waals surface area (Å²) in [6.07, 6.45) is 0.223. The topological polar surface area (TPSA) is 105 Å². The van der Waals surface area contributed by atoms with Crippen molar-refractivity contribution >= 4 is 27.5 Å². The van der Waals surface area contributed by atoms with Crippen molar-refractivity contribution in [2.45, 2.75) is 57.1 Å². The highest BCUT2D eigenvalue weighted by atomic mass is 32.2. The lowest BCUT2D eigenvalue weighted by Crippen LogP contribution is -2.55. The molecule has 3 aromatic rings. The number of rotatable bonds is 10. The number of ether oxygens (including phenoxy) is 2. The Kier molecular flexibility index (Phi) is 9.59. The molecule has 1 heterocycles. The molecule has 1 N–H and O–H groups in total. The van der Waals surface area contributed by atoms with Gasteiger partial charge in [-0.2, -0.15) is 0 Å². The maximum absolute atomic E-state index is 14.1. The lowest BCUT2D eigenvalue weighted by atomic mass is 10.1. The zero-order valence-corrected chi connectivity index (χ0v) is 25.3. The number of hydrogen-bond donors (Lipinski definition) is 1. The Bertz CT molecular complexity index is 1560. The molecule has 0 fully saturated rings. The summed E-state index contributed by atoms with van der Waals surface area (Å²) in [5.74, 6) is -1.54. The van der Waals surface area contributed by atoms with Crippen LogP contribution in [0.25, 0.3) is 0 Å². The monoisotopic (exact) mass is 615 g/mol. The molecule has 1 aliphatic rings. The molecule has 230 valence electrons. The van der Waals surface area contributed by atoms with Gasteiger partial charge in [0.1, 0.15) is 37.4 Å². The van der Waals surface area contributed by atoms with Gasteiger partial charge in [0.15, 0.2) is 11.5 Å². The highest BCUT2D eigenvalue weighted by Crippen LogP contribution is 2.34. The van der Waals surface area contributed by atoms with E-state index in [4.69, 9.17) is 9.47 Å². The molecule has 9 nitrogen and oxygen atoms in total. The van der Waals surface area contributed by atoms with Crippen molar-refractivity contribution in [3.8, 4) is 11.5 Å². The van der Waals surface area contributed by atoms with Crippen molar-refractivity contribution < 1.29 is 36.3 Å². The number of benzene rings is 3. The van der Waals surface area contributed by atoms with Crippen LogP contribution in [-0.4, -0.2) is 56.5 Å². The fourth-order valence-electron chi connectivity index (χ4n) is 4.61. The smallest absolute Gasteiger partial charge is 0.264 e. The molecule has 0 bridgehead atoms. The predicted molar refractivity (Wildman–Crippen MR) is 157 cm³/mol. The highest BCUT2D eigenvalue weighted by molar-refractivity contribution is 7.92. The van der Waals surface area contributed by atoms with Crippen LogP contribution in [-0.2, 0) is 26.2 Å². The minimum atomic E-state index is -4.41. The third-order valence-corrected chi connectivity index (χ3v) is 8.42. The van der Waals surface area contributed by atoms with E-state index in [1.807, 2.05) is 0 Å². The van der Waals surface area contributed by atoms with Crippen molar-refractivity contribution in [2.75, 3.05) is 24.1 Å². The molecule has 1 atom stereocenters. The molecule has 2 amide bonds. The average Bonchev–Trinajstić information content (AvgIpc) is 2.96. The average molecular weight is 616 g/mol. The van der Waals surface area contributed by atoms with Crippen LogP contribution in [0.4, 0.5) is 14.5 Å². The van der Waals surface area contributed by atoms with Gasteiger partial charge in [-0.1, -0.05) is 19.1 Å². The van der Waals surface area contributed by atoms with Gasteiger partial charge in [-0.05, 0) is 81.3 Å². The third kappa shape index (κ3) is 7.81. The number of amides is 2. The number of carbonyl (C=O) groups is 2. The Morgan fingerprint density at radius 3 is 2.07 bits per heavy atom. The molecular weight excluding hydrogens is 580 g/mol. The Balaban J connectivity index is 1.75. The van der Waals surface area contributed by atoms with Crippen LogP contribution in [0, 0.1) is 11.6 Å². The summed E-state index contributed by atoms with van der Waals surface area (Å²) in [7, 11) is -4.41. The van der Waals surface area contributed by atoms with Crippen LogP contribution in [0.5, 0.6) is 11.5 Å². The van der Waals surface area contributed by atoms with Gasteiger partial charge < -0.3 is 19.7 Å². The molecule has 0 unspecified atom stereocenters. The standard InChI is InChI=1S/C31H35F2N3O6S/c1-5-26(30(38)34-31(2,3)4)35(19-21-6-8-22(32)9-7-21)29(37)20-36(24-12-10-23(33)11-13-24)43(39,40)25-14-15-27-28(18-25)42-17-16-41-27/h6-15,18,26H,5,16-17,19-20H2,1-4H3,(H,34,38)/t26-/m0/s1. The number of nitrogens with zero attached hydrogens (tertiary/aromatic N) is 2. The van der Waals surface area contributed by atoms with Crippen LogP contribution in [0.1, 0.15) is 39.7 Å². The number of halogens is 2. The molecule has 0 spiro atoms. The summed E-state index contributed by atoms with van der Waals surface area (Å²) in [4.78, 5) is 28.6. The molecule has 43 heavy (non-hydrogen) atoms. The molecule has 0 aliphatic carbocycles. The molecule has 0 aromatic heterocycles. The predicted octanol–water partition coefficient (Wildman–Crippen LogP) is 4.65. The second-order valence-electron chi connectivity index (χ2n) is 11.1. The molecule has 3 aromatic carbocycles. The third-order valence-electron chi connectivity index (χ3n) is 6.65. The minimum absolute atomic E-state index is 0.0403. The van der Waals surface area contributed by atoms with Crippen molar-refractivity contribution in [1.82, 2.24) is 10.2 Å². The second-order valence-corrected chi connectivity index (χ2v) is 13.0. The van der Waals surface area contributed by atoms with E-state index in [0.717, 1.165) is 16.4 Å². The van der Waals surface area contributed by atoms with Crippen LogP contribution in [0.3, 0.4) is 0 Å². The number of hydrogen-bond acceptors (Lipinski definition) is 6. The molecule has 4 rings (SSSR count). The Morgan fingerprint density at radius 1 is 0.907 bits per heavy atom. The van der Waals surface area contributed by atoms with Gasteiger partial charge in [0.2, 0.25) is 11.8 Å². The van der Waals surface area contributed by atoms with Crippen molar-refractivity contribution in [3.63, 3.8) is 0 Å². The zero-order chi connectivity index (χ0) is 31.4. The Hall–Kier alpha value is -4.19. The first-order chi connectivity index (χ1) is 20.3. The number of sulfonamides is 1. The SMILES string of the molecule is CC[C@@H](C(=O)NC(C)(C)C)N(Cc1ccc(F)cc1)C(=O)CN(c1ccc(F)cc1)S(=O)(=O)c1ccc2c(c1)OCCO2. The highest BCUT2D eigenvalue weighted by Gasteiger charge is 2.35. The summed E-state index contributed by atoms with van der Waals surface area (Å²) in [6, 6.07) is 13.3. The molecule has 0 saturated carbocycles. The summed E-state index contributed by atoms with van der Waals surface area (Å²) >= 11 is 0. The van der Waals surface area contributed by atoms with Gasteiger partial charge >= 0.3 is 0 Å². The van der Waals surface area contributed by atoms with Crippen molar-refractivity contribution in [3.05, 3.63) is 83.9 Å². The van der Waals surface area contributed by atoms with Crippen molar-refractivity contribution in [1.29, 1.82) is 0 Å². The van der Waals surface area contributed by atoms with Gasteiger partial charge in [-0.25, -0.2) is 17.2 Å². The van der Waals surface area contributed by atoms with Crippen molar-refractivity contribution in [2.24, 2.45) is 0 Å². The zero-order valence-electron chi connectivity index (χ0n) is 24.5. The number of anilines is 1. The van der Waals surface area contributed by atoms with Crippen LogP contribution in [0.15, 0.2) is 71.6 Å². The first-order valence-corrected chi connectivity index (χ1v) is 15.3. The van der Waals surface area contributed by atoms with Gasteiger partial charge in [0, 0.05) is 18.2 Å². The first kappa shape index (κ1) is 31.7. The van der Waals surface area contributed by atoms with E-state index in [0.29, 0.717) is 17.9 Å².